The highest BCUT2D eigenvalue weighted by Gasteiger charge is 2.36. The van der Waals surface area contributed by atoms with E-state index in [1.807, 2.05) is 19.2 Å². The lowest BCUT2D eigenvalue weighted by molar-refractivity contribution is 0.219. The predicted molar refractivity (Wildman–Crippen MR) is 116 cm³/mol. The summed E-state index contributed by atoms with van der Waals surface area (Å²) in [5.74, 6) is -0.159. The summed E-state index contributed by atoms with van der Waals surface area (Å²) in [6.45, 7) is 0.412. The first-order valence-electron chi connectivity index (χ1n) is 9.75. The van der Waals surface area contributed by atoms with Crippen molar-refractivity contribution in [3.8, 4) is 11.1 Å². The number of benzene rings is 1. The van der Waals surface area contributed by atoms with Crippen molar-refractivity contribution in [2.45, 2.75) is 6.04 Å². The molecule has 0 spiro atoms. The van der Waals surface area contributed by atoms with E-state index in [-0.39, 0.29) is 12.1 Å². The Hall–Kier alpha value is -4.01. The molecule has 1 fully saturated rings. The quantitative estimate of drug-likeness (QED) is 0.552. The van der Waals surface area contributed by atoms with Gasteiger partial charge in [0.05, 0.1) is 18.0 Å². The average Bonchev–Trinajstić information content (AvgIpc) is 3.26. The molecule has 1 atom stereocenters. The van der Waals surface area contributed by atoms with Gasteiger partial charge >= 0.3 is 6.03 Å². The summed E-state index contributed by atoms with van der Waals surface area (Å²) in [5.41, 5.74) is 9.08. The maximum atomic E-state index is 15.2. The van der Waals surface area contributed by atoms with Crippen molar-refractivity contribution in [3.05, 3.63) is 66.6 Å². The van der Waals surface area contributed by atoms with Gasteiger partial charge in [-0.05, 0) is 29.8 Å². The van der Waals surface area contributed by atoms with E-state index in [1.165, 1.54) is 12.4 Å². The fraction of sp³-hybridized carbons (Fsp3) is 0.182. The van der Waals surface area contributed by atoms with E-state index in [9.17, 15) is 4.79 Å². The molecule has 8 nitrogen and oxygen atoms in total. The summed E-state index contributed by atoms with van der Waals surface area (Å²) in [6, 6.07) is 8.21. The Morgan fingerprint density at radius 1 is 1.16 bits per heavy atom. The normalized spacial score (nSPS) is 16.5. The first kappa shape index (κ1) is 19.0. The fourth-order valence-corrected chi connectivity index (χ4v) is 4.14. The third-order valence-corrected chi connectivity index (χ3v) is 5.76. The number of nitrogen functional groups attached to an aromatic ring is 1. The minimum atomic E-state index is -0.450. The topological polar surface area (TPSA) is 93.2 Å². The largest absolute Gasteiger partial charge is 0.383 e. The SMILES string of the molecule is CN1C(=O)N(c2ccc(-c3cn(C)c4ncnc(N)c34)c(F)c2)CC1c1cccnc1. The summed E-state index contributed by atoms with van der Waals surface area (Å²) < 4.78 is 17.0. The molecule has 0 bridgehead atoms. The Bertz CT molecular complexity index is 1300. The van der Waals surface area contributed by atoms with Crippen LogP contribution in [0, 0.1) is 5.82 Å². The number of carbonyl (C=O) groups is 1. The minimum absolute atomic E-state index is 0.154. The Labute approximate surface area is 177 Å². The van der Waals surface area contributed by atoms with E-state index in [1.54, 1.807) is 52.1 Å². The van der Waals surface area contributed by atoms with Gasteiger partial charge in [-0.15, -0.1) is 0 Å². The van der Waals surface area contributed by atoms with Crippen LogP contribution in [0.4, 0.5) is 20.7 Å². The number of anilines is 2. The van der Waals surface area contributed by atoms with Crippen LogP contribution in [0.3, 0.4) is 0 Å². The number of halogens is 1. The van der Waals surface area contributed by atoms with E-state index < -0.39 is 5.82 Å². The standard InChI is InChI=1S/C22H20FN7O/c1-28-10-16(19-20(24)26-12-27-21(19)28)15-6-5-14(8-17(15)23)30-11-18(29(2)22(30)31)13-4-3-7-25-9-13/h3-10,12,18H,11H2,1-2H3,(H2,24,26,27). The lowest BCUT2D eigenvalue weighted by atomic mass is 10.0. The molecular weight excluding hydrogens is 397 g/mol. The molecule has 2 amide bonds. The molecule has 156 valence electrons. The number of amides is 2. The van der Waals surface area contributed by atoms with Crippen molar-refractivity contribution >= 4 is 28.6 Å². The molecular formula is C22H20FN7O. The third-order valence-electron chi connectivity index (χ3n) is 5.76. The number of likely N-dealkylation sites (N-methyl/N-ethyl adjacent to an activating group) is 1. The van der Waals surface area contributed by atoms with Gasteiger partial charge in [0.25, 0.3) is 0 Å². The van der Waals surface area contributed by atoms with Crippen LogP contribution in [0.5, 0.6) is 0 Å². The highest BCUT2D eigenvalue weighted by Crippen LogP contribution is 2.37. The van der Waals surface area contributed by atoms with Crippen LogP contribution < -0.4 is 10.6 Å². The molecule has 1 aromatic carbocycles. The molecule has 4 heterocycles. The van der Waals surface area contributed by atoms with Crippen LogP contribution in [-0.4, -0.2) is 44.0 Å². The number of aromatic nitrogens is 4. The molecule has 1 unspecified atom stereocenters. The summed E-state index contributed by atoms with van der Waals surface area (Å²) >= 11 is 0. The lowest BCUT2D eigenvalue weighted by Gasteiger charge is -2.17. The number of nitrogens with zero attached hydrogens (tertiary/aromatic N) is 6. The summed E-state index contributed by atoms with van der Waals surface area (Å²) in [5, 5.41) is 0.602. The zero-order chi connectivity index (χ0) is 21.7. The zero-order valence-electron chi connectivity index (χ0n) is 17.0. The maximum absolute atomic E-state index is 15.2. The second-order valence-electron chi connectivity index (χ2n) is 7.58. The van der Waals surface area contributed by atoms with Gasteiger partial charge in [0, 0.05) is 49.5 Å². The van der Waals surface area contributed by atoms with Crippen molar-refractivity contribution in [1.82, 2.24) is 24.4 Å². The van der Waals surface area contributed by atoms with Gasteiger partial charge in [-0.2, -0.15) is 0 Å². The van der Waals surface area contributed by atoms with E-state index >= 15 is 4.39 Å². The Morgan fingerprint density at radius 2 is 2.00 bits per heavy atom. The molecule has 0 aliphatic carbocycles. The molecule has 2 N–H and O–H groups in total. The Morgan fingerprint density at radius 3 is 2.74 bits per heavy atom. The number of hydrogen-bond donors (Lipinski definition) is 1. The van der Waals surface area contributed by atoms with Gasteiger partial charge in [0.1, 0.15) is 23.6 Å². The van der Waals surface area contributed by atoms with Gasteiger partial charge in [0.2, 0.25) is 0 Å². The van der Waals surface area contributed by atoms with Crippen LogP contribution in [-0.2, 0) is 7.05 Å². The van der Waals surface area contributed by atoms with E-state index in [0.717, 1.165) is 5.56 Å². The molecule has 0 saturated carbocycles. The van der Waals surface area contributed by atoms with Crippen LogP contribution in [0.25, 0.3) is 22.2 Å². The van der Waals surface area contributed by atoms with Gasteiger partial charge in [0.15, 0.2) is 0 Å². The van der Waals surface area contributed by atoms with Crippen molar-refractivity contribution in [3.63, 3.8) is 0 Å². The third kappa shape index (κ3) is 2.97. The first-order valence-corrected chi connectivity index (χ1v) is 9.75. The second-order valence-corrected chi connectivity index (χ2v) is 7.58. The van der Waals surface area contributed by atoms with Gasteiger partial charge in [-0.3, -0.25) is 9.88 Å². The molecule has 1 aliphatic rings. The number of rotatable bonds is 3. The second kappa shape index (κ2) is 7.05. The number of pyridine rings is 1. The number of aryl methyl sites for hydroxylation is 1. The summed E-state index contributed by atoms with van der Waals surface area (Å²) in [4.78, 5) is 28.5. The van der Waals surface area contributed by atoms with Crippen molar-refractivity contribution in [2.24, 2.45) is 7.05 Å². The van der Waals surface area contributed by atoms with Crippen molar-refractivity contribution in [2.75, 3.05) is 24.2 Å². The molecule has 3 aromatic heterocycles. The molecule has 4 aromatic rings. The number of nitrogens with two attached hydrogens (primary N) is 1. The van der Waals surface area contributed by atoms with Crippen LogP contribution >= 0.6 is 0 Å². The van der Waals surface area contributed by atoms with E-state index in [2.05, 4.69) is 15.0 Å². The monoisotopic (exact) mass is 417 g/mol. The highest BCUT2D eigenvalue weighted by molar-refractivity contribution is 6.01. The van der Waals surface area contributed by atoms with E-state index in [4.69, 9.17) is 5.73 Å². The number of hydrogen-bond acceptors (Lipinski definition) is 5. The smallest absolute Gasteiger partial charge is 0.324 e. The minimum Gasteiger partial charge on any atom is -0.383 e. The highest BCUT2D eigenvalue weighted by atomic mass is 19.1. The molecule has 0 radical (unpaired) electrons. The Balaban J connectivity index is 1.52. The maximum Gasteiger partial charge on any atom is 0.324 e. The van der Waals surface area contributed by atoms with Crippen molar-refractivity contribution in [1.29, 1.82) is 0 Å². The van der Waals surface area contributed by atoms with E-state index in [0.29, 0.717) is 40.2 Å². The van der Waals surface area contributed by atoms with Crippen LogP contribution in [0.15, 0.2) is 55.2 Å². The number of carbonyl (C=O) groups excluding carboxylic acids is 1. The van der Waals surface area contributed by atoms with Gasteiger partial charge < -0.3 is 15.2 Å². The van der Waals surface area contributed by atoms with Crippen LogP contribution in [0.1, 0.15) is 11.6 Å². The van der Waals surface area contributed by atoms with Gasteiger partial charge in [-0.25, -0.2) is 19.2 Å². The zero-order valence-corrected chi connectivity index (χ0v) is 17.0. The van der Waals surface area contributed by atoms with Gasteiger partial charge in [-0.1, -0.05) is 6.07 Å². The summed E-state index contributed by atoms with van der Waals surface area (Å²) in [6.07, 6.45) is 6.60. The summed E-state index contributed by atoms with van der Waals surface area (Å²) in [7, 11) is 3.56. The van der Waals surface area contributed by atoms with Crippen molar-refractivity contribution < 1.29 is 9.18 Å². The molecule has 1 aliphatic heterocycles. The average molecular weight is 417 g/mol. The fourth-order valence-electron chi connectivity index (χ4n) is 4.14. The lowest BCUT2D eigenvalue weighted by Crippen LogP contribution is -2.29. The first-order chi connectivity index (χ1) is 15.0. The molecule has 5 rings (SSSR count). The molecule has 31 heavy (non-hydrogen) atoms. The molecule has 1 saturated heterocycles. The number of fused-ring (bicyclic) bond motifs is 1. The Kier molecular flexibility index (Phi) is 4.32. The predicted octanol–water partition coefficient (Wildman–Crippen LogP) is 3.36. The number of urea groups is 1. The van der Waals surface area contributed by atoms with Crippen LogP contribution in [0.2, 0.25) is 0 Å². The molecule has 9 heteroatoms.